The molecule has 0 saturated carbocycles. The van der Waals surface area contributed by atoms with E-state index < -0.39 is 11.9 Å². The molecule has 0 bridgehead atoms. The Morgan fingerprint density at radius 2 is 2.00 bits per heavy atom. The minimum Gasteiger partial charge on any atom is -0.255 e. The van der Waals surface area contributed by atoms with Gasteiger partial charge in [0, 0.05) is 7.05 Å². The first kappa shape index (κ1) is 10.7. The normalized spacial score (nSPS) is 12.2. The highest BCUT2D eigenvalue weighted by Crippen LogP contribution is 2.38. The van der Waals surface area contributed by atoms with Gasteiger partial charge >= 0.3 is 6.18 Å². The summed E-state index contributed by atoms with van der Waals surface area (Å²) >= 11 is 6.53. The van der Waals surface area contributed by atoms with Crippen LogP contribution in [0.3, 0.4) is 0 Å². The topological polar surface area (TPSA) is 17.8 Å². The maximum Gasteiger partial charge on any atom is 0.436 e. The van der Waals surface area contributed by atoms with Gasteiger partial charge in [-0.05, 0) is 6.26 Å². The van der Waals surface area contributed by atoms with Crippen molar-refractivity contribution >= 4 is 23.4 Å². The number of halogens is 4. The molecule has 0 atom stereocenters. The monoisotopic (exact) mass is 230 g/mol. The smallest absolute Gasteiger partial charge is 0.255 e. The van der Waals surface area contributed by atoms with Crippen LogP contribution in [0.1, 0.15) is 5.69 Å². The van der Waals surface area contributed by atoms with Crippen LogP contribution < -0.4 is 0 Å². The van der Waals surface area contributed by atoms with Crippen molar-refractivity contribution in [3.8, 4) is 0 Å². The Labute approximate surface area is 82.1 Å². The van der Waals surface area contributed by atoms with Crippen LogP contribution in [0.2, 0.25) is 5.15 Å². The molecule has 7 heteroatoms. The van der Waals surface area contributed by atoms with Crippen molar-refractivity contribution in [2.24, 2.45) is 7.05 Å². The third-order valence-electron chi connectivity index (χ3n) is 1.41. The Bertz CT molecular complexity index is 320. The molecule has 0 aliphatic rings. The van der Waals surface area contributed by atoms with Crippen molar-refractivity contribution in [3.05, 3.63) is 10.8 Å². The fourth-order valence-corrected chi connectivity index (χ4v) is 1.86. The Kier molecular flexibility index (Phi) is 2.82. The maximum atomic E-state index is 12.3. The summed E-state index contributed by atoms with van der Waals surface area (Å²) in [6.07, 6.45) is -2.92. The van der Waals surface area contributed by atoms with Crippen molar-refractivity contribution in [1.29, 1.82) is 0 Å². The van der Waals surface area contributed by atoms with Crippen molar-refractivity contribution in [3.63, 3.8) is 0 Å². The number of hydrogen-bond donors (Lipinski definition) is 0. The molecule has 1 heterocycles. The van der Waals surface area contributed by atoms with Crippen LogP contribution in [0, 0.1) is 0 Å². The number of thioether (sulfide) groups is 1. The Balaban J connectivity index is 3.30. The molecule has 0 aliphatic carbocycles. The Hall–Kier alpha value is -0.360. The van der Waals surface area contributed by atoms with Crippen molar-refractivity contribution in [2.75, 3.05) is 6.26 Å². The molecule has 1 aromatic heterocycles. The van der Waals surface area contributed by atoms with E-state index in [1.54, 1.807) is 0 Å². The highest BCUT2D eigenvalue weighted by molar-refractivity contribution is 7.98. The average molecular weight is 231 g/mol. The zero-order valence-electron chi connectivity index (χ0n) is 6.81. The molecule has 0 aromatic carbocycles. The molecular formula is C6H6ClF3N2S. The minimum atomic E-state index is -4.44. The molecule has 0 saturated heterocycles. The average Bonchev–Trinajstić information content (AvgIpc) is 2.28. The van der Waals surface area contributed by atoms with Crippen LogP contribution in [0.4, 0.5) is 13.2 Å². The van der Waals surface area contributed by atoms with E-state index in [2.05, 4.69) is 5.10 Å². The highest BCUT2D eigenvalue weighted by Gasteiger charge is 2.38. The third-order valence-corrected chi connectivity index (χ3v) is 2.75. The lowest BCUT2D eigenvalue weighted by atomic mass is 10.4. The molecule has 0 N–H and O–H groups in total. The molecule has 1 aromatic rings. The standard InChI is InChI=1S/C6H6ClF3N2S/c1-12-5(7)3(13-2)4(11-12)6(8,9)10/h1-2H3. The van der Waals surface area contributed by atoms with E-state index in [0.29, 0.717) is 0 Å². The number of alkyl halides is 3. The SMILES string of the molecule is CSc1c(C(F)(F)F)nn(C)c1Cl. The Morgan fingerprint density at radius 1 is 1.46 bits per heavy atom. The first-order chi connectivity index (χ1) is 5.88. The van der Waals surface area contributed by atoms with Gasteiger partial charge in [-0.3, -0.25) is 4.68 Å². The molecule has 2 nitrogen and oxygen atoms in total. The number of hydrogen-bond acceptors (Lipinski definition) is 2. The van der Waals surface area contributed by atoms with E-state index in [9.17, 15) is 13.2 Å². The van der Waals surface area contributed by atoms with Crippen LogP contribution in [-0.2, 0) is 13.2 Å². The van der Waals surface area contributed by atoms with Gasteiger partial charge in [-0.15, -0.1) is 11.8 Å². The fourth-order valence-electron chi connectivity index (χ4n) is 0.850. The molecular weight excluding hydrogens is 225 g/mol. The predicted molar refractivity (Wildman–Crippen MR) is 45.0 cm³/mol. The van der Waals surface area contributed by atoms with Gasteiger partial charge in [-0.1, -0.05) is 11.6 Å². The van der Waals surface area contributed by atoms with Crippen LogP contribution >= 0.6 is 23.4 Å². The summed E-state index contributed by atoms with van der Waals surface area (Å²) in [4.78, 5) is -0.0309. The molecule has 0 amide bonds. The minimum absolute atomic E-state index is 0.0137. The summed E-state index contributed by atoms with van der Waals surface area (Å²) in [5, 5.41) is 3.30. The lowest BCUT2D eigenvalue weighted by Crippen LogP contribution is -2.07. The fraction of sp³-hybridized carbons (Fsp3) is 0.500. The molecule has 0 aliphatic heterocycles. The highest BCUT2D eigenvalue weighted by atomic mass is 35.5. The van der Waals surface area contributed by atoms with E-state index in [4.69, 9.17) is 11.6 Å². The zero-order chi connectivity index (χ0) is 10.2. The lowest BCUT2D eigenvalue weighted by Gasteiger charge is -2.03. The zero-order valence-corrected chi connectivity index (χ0v) is 8.39. The lowest BCUT2D eigenvalue weighted by molar-refractivity contribution is -0.143. The summed E-state index contributed by atoms with van der Waals surface area (Å²) in [6, 6.07) is 0. The van der Waals surface area contributed by atoms with Crippen LogP contribution in [0.5, 0.6) is 0 Å². The van der Waals surface area contributed by atoms with Crippen molar-refractivity contribution < 1.29 is 13.2 Å². The van der Waals surface area contributed by atoms with E-state index in [-0.39, 0.29) is 10.0 Å². The van der Waals surface area contributed by atoms with Gasteiger partial charge in [0.15, 0.2) is 5.69 Å². The molecule has 0 fully saturated rings. The first-order valence-corrected chi connectivity index (χ1v) is 4.82. The number of nitrogens with zero attached hydrogens (tertiary/aromatic N) is 2. The van der Waals surface area contributed by atoms with Gasteiger partial charge in [-0.2, -0.15) is 18.3 Å². The van der Waals surface area contributed by atoms with Crippen molar-refractivity contribution in [2.45, 2.75) is 11.1 Å². The molecule has 0 radical (unpaired) electrons. The summed E-state index contributed by atoms with van der Waals surface area (Å²) in [5.74, 6) is 0. The predicted octanol–water partition coefficient (Wildman–Crippen LogP) is 2.81. The molecule has 0 unspecified atom stereocenters. The molecule has 0 spiro atoms. The summed E-state index contributed by atoms with van der Waals surface area (Å²) in [7, 11) is 1.37. The second-order valence-electron chi connectivity index (χ2n) is 2.29. The maximum absolute atomic E-state index is 12.3. The molecule has 1 rings (SSSR count). The van der Waals surface area contributed by atoms with E-state index in [0.717, 1.165) is 16.4 Å². The van der Waals surface area contributed by atoms with Gasteiger partial charge in [-0.25, -0.2) is 0 Å². The Morgan fingerprint density at radius 3 is 2.31 bits per heavy atom. The first-order valence-electron chi connectivity index (χ1n) is 3.21. The summed E-state index contributed by atoms with van der Waals surface area (Å²) < 4.78 is 37.9. The molecule has 74 valence electrons. The summed E-state index contributed by atoms with van der Waals surface area (Å²) in [6.45, 7) is 0. The van der Waals surface area contributed by atoms with Crippen LogP contribution in [-0.4, -0.2) is 16.0 Å². The van der Waals surface area contributed by atoms with Crippen molar-refractivity contribution in [1.82, 2.24) is 9.78 Å². The largest absolute Gasteiger partial charge is 0.436 e. The quantitative estimate of drug-likeness (QED) is 0.691. The van der Waals surface area contributed by atoms with Gasteiger partial charge in [0.2, 0.25) is 0 Å². The van der Waals surface area contributed by atoms with Gasteiger partial charge in [0.25, 0.3) is 0 Å². The number of rotatable bonds is 1. The summed E-state index contributed by atoms with van der Waals surface area (Å²) in [5.41, 5.74) is -0.924. The van der Waals surface area contributed by atoms with Gasteiger partial charge < -0.3 is 0 Å². The van der Waals surface area contributed by atoms with Crippen LogP contribution in [0.15, 0.2) is 4.90 Å². The third kappa shape index (κ3) is 1.94. The van der Waals surface area contributed by atoms with Crippen LogP contribution in [0.25, 0.3) is 0 Å². The van der Waals surface area contributed by atoms with Gasteiger partial charge in [0.1, 0.15) is 5.15 Å². The number of aryl methyl sites for hydroxylation is 1. The second kappa shape index (κ2) is 3.42. The van der Waals surface area contributed by atoms with E-state index in [1.165, 1.54) is 13.3 Å². The van der Waals surface area contributed by atoms with E-state index >= 15 is 0 Å². The van der Waals surface area contributed by atoms with Gasteiger partial charge in [0.05, 0.1) is 4.90 Å². The van der Waals surface area contributed by atoms with E-state index in [1.807, 2.05) is 0 Å². The second-order valence-corrected chi connectivity index (χ2v) is 3.47. The molecule has 13 heavy (non-hydrogen) atoms. The number of aromatic nitrogens is 2.